The molecule has 0 aromatic heterocycles. The number of nitrogens with one attached hydrogen (secondary N) is 1. The summed E-state index contributed by atoms with van der Waals surface area (Å²) in [6.07, 6.45) is 22.7. The van der Waals surface area contributed by atoms with Gasteiger partial charge in [0.2, 0.25) is 0 Å². The van der Waals surface area contributed by atoms with Gasteiger partial charge in [-0.3, -0.25) is 4.89 Å². The summed E-state index contributed by atoms with van der Waals surface area (Å²) in [4.78, 5) is 23.4. The van der Waals surface area contributed by atoms with E-state index in [4.69, 9.17) is 9.78 Å². The lowest BCUT2D eigenvalue weighted by Crippen LogP contribution is -2.59. The number of carbonyl (C=O) groups excluding carboxylic acids is 1. The molecular weight excluding hydrogens is 422 g/mol. The maximum atomic E-state index is 12.9. The number of piperidine rings is 1. The van der Waals surface area contributed by atoms with Crippen LogP contribution < -0.4 is 5.32 Å². The zero-order valence-corrected chi connectivity index (χ0v) is 23.8. The van der Waals surface area contributed by atoms with E-state index in [0.717, 1.165) is 32.1 Å². The molecular formula is C30H59NO3. The van der Waals surface area contributed by atoms with E-state index >= 15 is 0 Å². The van der Waals surface area contributed by atoms with Crippen molar-refractivity contribution in [1.29, 1.82) is 0 Å². The van der Waals surface area contributed by atoms with Gasteiger partial charge in [-0.15, -0.1) is 0 Å². The molecule has 4 heteroatoms. The van der Waals surface area contributed by atoms with E-state index < -0.39 is 0 Å². The average Bonchev–Trinajstić information content (AvgIpc) is 2.74. The Labute approximate surface area is 212 Å². The normalized spacial score (nSPS) is 18.6. The summed E-state index contributed by atoms with van der Waals surface area (Å²) in [6.45, 7) is 13.8. The fourth-order valence-corrected chi connectivity index (χ4v) is 6.04. The molecule has 0 aromatic carbocycles. The lowest BCUT2D eigenvalue weighted by atomic mass is 9.69. The molecule has 1 fully saturated rings. The van der Waals surface area contributed by atoms with Gasteiger partial charge >= 0.3 is 5.97 Å². The van der Waals surface area contributed by atoms with Crippen molar-refractivity contribution in [3.8, 4) is 0 Å². The quantitative estimate of drug-likeness (QED) is 0.107. The monoisotopic (exact) mass is 481 g/mol. The standard InChI is InChI=1S/C30H59NO3/c1-7-9-10-11-12-13-14-15-16-17-18-19-20-21-22-27(28(32)34-33-23-8-2)26-24-29(3,4)31-30(5,6)25-26/h26-27,31H,7-25H2,1-6H3. The predicted molar refractivity (Wildman–Crippen MR) is 145 cm³/mol. The summed E-state index contributed by atoms with van der Waals surface area (Å²) in [5, 5.41) is 3.74. The fraction of sp³-hybridized carbons (Fsp3) is 0.967. The van der Waals surface area contributed by atoms with Crippen molar-refractivity contribution >= 4 is 5.97 Å². The molecule has 0 saturated carbocycles. The molecule has 0 aliphatic carbocycles. The molecule has 0 aromatic rings. The molecule has 1 unspecified atom stereocenters. The van der Waals surface area contributed by atoms with Crippen LogP contribution in [0.3, 0.4) is 0 Å². The van der Waals surface area contributed by atoms with E-state index in [1.807, 2.05) is 6.92 Å². The van der Waals surface area contributed by atoms with Gasteiger partial charge in [0.15, 0.2) is 0 Å². The highest BCUT2D eigenvalue weighted by Crippen LogP contribution is 2.39. The second-order valence-electron chi connectivity index (χ2n) is 12.3. The van der Waals surface area contributed by atoms with Crippen LogP contribution in [-0.4, -0.2) is 23.7 Å². The van der Waals surface area contributed by atoms with Crippen LogP contribution in [0, 0.1) is 11.8 Å². The van der Waals surface area contributed by atoms with Crippen LogP contribution in [-0.2, 0) is 14.6 Å². The van der Waals surface area contributed by atoms with Crippen molar-refractivity contribution in [3.63, 3.8) is 0 Å². The van der Waals surface area contributed by atoms with Gasteiger partial charge in [-0.1, -0.05) is 104 Å². The topological polar surface area (TPSA) is 47.6 Å². The van der Waals surface area contributed by atoms with Crippen molar-refractivity contribution in [3.05, 3.63) is 0 Å². The largest absolute Gasteiger partial charge is 0.345 e. The first-order chi connectivity index (χ1) is 16.2. The molecule has 1 aliphatic rings. The van der Waals surface area contributed by atoms with Crippen LogP contribution in [0.2, 0.25) is 0 Å². The Morgan fingerprint density at radius 2 is 1.18 bits per heavy atom. The van der Waals surface area contributed by atoms with Crippen LogP contribution in [0.5, 0.6) is 0 Å². The fourth-order valence-electron chi connectivity index (χ4n) is 6.04. The van der Waals surface area contributed by atoms with Gasteiger partial charge in [-0.2, -0.15) is 4.89 Å². The number of unbranched alkanes of at least 4 members (excludes halogenated alkanes) is 13. The molecule has 1 heterocycles. The maximum Gasteiger partial charge on any atom is 0.345 e. The average molecular weight is 482 g/mol. The van der Waals surface area contributed by atoms with Crippen LogP contribution in [0.25, 0.3) is 0 Å². The molecule has 0 spiro atoms. The van der Waals surface area contributed by atoms with E-state index in [9.17, 15) is 4.79 Å². The van der Waals surface area contributed by atoms with Gasteiger partial charge < -0.3 is 5.32 Å². The zero-order valence-electron chi connectivity index (χ0n) is 23.8. The van der Waals surface area contributed by atoms with E-state index in [-0.39, 0.29) is 23.0 Å². The van der Waals surface area contributed by atoms with Gasteiger partial charge in [0.25, 0.3) is 0 Å². The zero-order chi connectivity index (χ0) is 25.3. The first kappa shape index (κ1) is 31.4. The molecule has 0 radical (unpaired) electrons. The molecule has 1 N–H and O–H groups in total. The first-order valence-electron chi connectivity index (χ1n) is 14.8. The second kappa shape index (κ2) is 17.8. The van der Waals surface area contributed by atoms with Crippen LogP contribution >= 0.6 is 0 Å². The van der Waals surface area contributed by atoms with E-state index in [1.165, 1.54) is 83.5 Å². The summed E-state index contributed by atoms with van der Waals surface area (Å²) in [5.74, 6) is 0.127. The molecule has 34 heavy (non-hydrogen) atoms. The van der Waals surface area contributed by atoms with Gasteiger partial charge in [0.1, 0.15) is 0 Å². The first-order valence-corrected chi connectivity index (χ1v) is 14.8. The van der Waals surface area contributed by atoms with Crippen molar-refractivity contribution < 1.29 is 14.6 Å². The third-order valence-electron chi connectivity index (χ3n) is 7.39. The smallest absolute Gasteiger partial charge is 0.307 e. The number of hydrogen-bond donors (Lipinski definition) is 1. The van der Waals surface area contributed by atoms with E-state index in [2.05, 4.69) is 39.9 Å². The Bertz CT molecular complexity index is 501. The highest BCUT2D eigenvalue weighted by atomic mass is 17.2. The van der Waals surface area contributed by atoms with Crippen molar-refractivity contribution in [2.45, 2.75) is 168 Å². The highest BCUT2D eigenvalue weighted by Gasteiger charge is 2.43. The Hall–Kier alpha value is -0.610. The molecule has 0 bridgehead atoms. The van der Waals surface area contributed by atoms with E-state index in [0.29, 0.717) is 12.5 Å². The van der Waals surface area contributed by atoms with Gasteiger partial charge in [-0.25, -0.2) is 4.79 Å². The maximum absolute atomic E-state index is 12.9. The van der Waals surface area contributed by atoms with Crippen molar-refractivity contribution in [2.24, 2.45) is 11.8 Å². The van der Waals surface area contributed by atoms with Crippen molar-refractivity contribution in [2.75, 3.05) is 6.61 Å². The second-order valence-corrected chi connectivity index (χ2v) is 12.3. The van der Waals surface area contributed by atoms with Gasteiger partial charge in [0, 0.05) is 11.1 Å². The third kappa shape index (κ3) is 14.7. The summed E-state index contributed by atoms with van der Waals surface area (Å²) >= 11 is 0. The van der Waals surface area contributed by atoms with Gasteiger partial charge in [-0.05, 0) is 59.3 Å². The molecule has 4 nitrogen and oxygen atoms in total. The SMILES string of the molecule is CCCCCCCCCCCCCCCCC(C(=O)OOCCC)C1CC(C)(C)NC(C)(C)C1. The van der Waals surface area contributed by atoms with E-state index in [1.54, 1.807) is 0 Å². The molecule has 1 rings (SSSR count). The van der Waals surface area contributed by atoms with Crippen LogP contribution in [0.15, 0.2) is 0 Å². The predicted octanol–water partition coefficient (Wildman–Crippen LogP) is 8.92. The summed E-state index contributed by atoms with van der Waals surface area (Å²) in [7, 11) is 0. The number of rotatable bonds is 20. The molecule has 0 amide bonds. The Morgan fingerprint density at radius 1 is 0.735 bits per heavy atom. The number of hydrogen-bond acceptors (Lipinski definition) is 4. The minimum atomic E-state index is -0.151. The Balaban J connectivity index is 2.29. The van der Waals surface area contributed by atoms with Gasteiger partial charge in [0.05, 0.1) is 12.5 Å². The summed E-state index contributed by atoms with van der Waals surface area (Å²) in [6, 6.07) is 0. The lowest BCUT2D eigenvalue weighted by Gasteiger charge is -2.48. The minimum absolute atomic E-state index is 0.0325. The third-order valence-corrected chi connectivity index (χ3v) is 7.39. The Morgan fingerprint density at radius 3 is 1.62 bits per heavy atom. The molecule has 1 saturated heterocycles. The highest BCUT2D eigenvalue weighted by molar-refractivity contribution is 5.72. The van der Waals surface area contributed by atoms with Crippen LogP contribution in [0.1, 0.15) is 157 Å². The molecule has 1 aliphatic heterocycles. The van der Waals surface area contributed by atoms with Crippen molar-refractivity contribution in [1.82, 2.24) is 5.32 Å². The number of carbonyl (C=O) groups is 1. The summed E-state index contributed by atoms with van der Waals surface area (Å²) in [5.41, 5.74) is 0.0649. The molecule has 1 atom stereocenters. The summed E-state index contributed by atoms with van der Waals surface area (Å²) < 4.78 is 0. The minimum Gasteiger partial charge on any atom is -0.307 e. The Kier molecular flexibility index (Phi) is 16.4. The molecule has 202 valence electrons. The van der Waals surface area contributed by atoms with Crippen LogP contribution in [0.4, 0.5) is 0 Å². The lowest BCUT2D eigenvalue weighted by molar-refractivity contribution is -0.277.